The van der Waals surface area contributed by atoms with Crippen molar-refractivity contribution in [3.8, 4) is 16.9 Å². The maximum Gasteiger partial charge on any atom is 0.240 e. The minimum Gasteiger partial charge on any atom is -0.508 e. The number of aromatic hydroxyl groups is 1. The van der Waals surface area contributed by atoms with Gasteiger partial charge in [-0.3, -0.25) is 14.6 Å². The van der Waals surface area contributed by atoms with Crippen LogP contribution in [-0.2, 0) is 16.1 Å². The van der Waals surface area contributed by atoms with Gasteiger partial charge in [0, 0.05) is 13.1 Å². The highest BCUT2D eigenvalue weighted by Gasteiger charge is 2.34. The van der Waals surface area contributed by atoms with Crippen molar-refractivity contribution in [1.82, 2.24) is 4.90 Å². The van der Waals surface area contributed by atoms with E-state index in [0.717, 1.165) is 27.8 Å². The Hall–Kier alpha value is -5.11. The lowest BCUT2D eigenvalue weighted by atomic mass is 9.89. The number of hydrogen-bond donors (Lipinski definition) is 4. The third kappa shape index (κ3) is 7.73. The van der Waals surface area contributed by atoms with E-state index in [1.807, 2.05) is 97.1 Å². The molecule has 7 N–H and O–H groups in total. The smallest absolute Gasteiger partial charge is 0.240 e. The van der Waals surface area contributed by atoms with Gasteiger partial charge in [-0.05, 0) is 52.8 Å². The molecular weight excluding hydrogens is 514 g/mol. The summed E-state index contributed by atoms with van der Waals surface area (Å²) in [5.74, 6) is -1.29. The molecule has 4 aromatic rings. The number of primary amides is 1. The first-order valence-corrected chi connectivity index (χ1v) is 13.5. The zero-order valence-electron chi connectivity index (χ0n) is 22.8. The second-order valence-corrected chi connectivity index (χ2v) is 9.83. The van der Waals surface area contributed by atoms with Crippen LogP contribution in [0.4, 0.5) is 0 Å². The lowest BCUT2D eigenvalue weighted by Crippen LogP contribution is -2.49. The van der Waals surface area contributed by atoms with E-state index in [1.54, 1.807) is 17.0 Å². The van der Waals surface area contributed by atoms with Gasteiger partial charge in [0.2, 0.25) is 11.8 Å². The lowest BCUT2D eigenvalue weighted by Gasteiger charge is -2.33. The molecule has 8 nitrogen and oxygen atoms in total. The lowest BCUT2D eigenvalue weighted by molar-refractivity contribution is -0.140. The van der Waals surface area contributed by atoms with Crippen LogP contribution in [0, 0.1) is 0 Å². The number of nitrogens with zero attached hydrogens (tertiary/aromatic N) is 2. The van der Waals surface area contributed by atoms with Gasteiger partial charge in [0.15, 0.2) is 5.96 Å². The summed E-state index contributed by atoms with van der Waals surface area (Å²) < 4.78 is 0. The quantitative estimate of drug-likeness (QED) is 0.119. The van der Waals surface area contributed by atoms with Crippen molar-refractivity contribution in [2.45, 2.75) is 31.3 Å². The molecule has 0 aliphatic heterocycles. The van der Waals surface area contributed by atoms with Gasteiger partial charge in [0.25, 0.3) is 0 Å². The van der Waals surface area contributed by atoms with Gasteiger partial charge in [-0.1, -0.05) is 97.1 Å². The van der Waals surface area contributed by atoms with Crippen molar-refractivity contribution in [3.63, 3.8) is 0 Å². The third-order valence-corrected chi connectivity index (χ3v) is 6.94. The number of phenolic OH excluding ortho intramolecular Hbond substituents is 1. The Balaban J connectivity index is 1.70. The summed E-state index contributed by atoms with van der Waals surface area (Å²) in [6.07, 6.45) is 0.774. The van der Waals surface area contributed by atoms with Crippen LogP contribution in [0.5, 0.6) is 5.75 Å². The van der Waals surface area contributed by atoms with Gasteiger partial charge in [-0.2, -0.15) is 0 Å². The fraction of sp³-hybridized carbons (Fsp3) is 0.182. The van der Waals surface area contributed by atoms with Crippen LogP contribution in [0.1, 0.15) is 35.4 Å². The standard InChI is InChI=1S/C33H35N5O3/c34-31(40)29(12-7-21-37-33(35)36)38(22-23-13-15-24(16-14-23)25-17-19-28(39)20-18-25)32(41)30(26-8-3-1-4-9-26)27-10-5-2-6-11-27/h1-6,8-11,13-20,29-30,39H,7,12,21-22H2,(H2,34,40)(H4,35,36,37)/t29-/m0/s1. The van der Waals surface area contributed by atoms with Gasteiger partial charge in [0.1, 0.15) is 11.8 Å². The molecule has 41 heavy (non-hydrogen) atoms. The van der Waals surface area contributed by atoms with E-state index >= 15 is 0 Å². The number of carbonyl (C=O) groups excluding carboxylic acids is 2. The fourth-order valence-corrected chi connectivity index (χ4v) is 4.87. The molecule has 0 saturated heterocycles. The molecular formula is C33H35N5O3. The number of nitrogens with two attached hydrogens (primary N) is 3. The second-order valence-electron chi connectivity index (χ2n) is 9.83. The van der Waals surface area contributed by atoms with E-state index in [9.17, 15) is 14.7 Å². The summed E-state index contributed by atoms with van der Waals surface area (Å²) in [6.45, 7) is 0.497. The molecule has 1 atom stereocenters. The largest absolute Gasteiger partial charge is 0.508 e. The van der Waals surface area contributed by atoms with Gasteiger partial charge in [0.05, 0.1) is 5.92 Å². The van der Waals surface area contributed by atoms with Crippen molar-refractivity contribution < 1.29 is 14.7 Å². The SMILES string of the molecule is NC(=O)[C@H](CCCN=C(N)N)N(Cc1ccc(-c2ccc(O)cc2)cc1)C(=O)C(c1ccccc1)c1ccccc1. The molecule has 0 fully saturated rings. The molecule has 0 radical (unpaired) electrons. The van der Waals surface area contributed by atoms with Crippen LogP contribution in [0.3, 0.4) is 0 Å². The Labute approximate surface area is 240 Å². The Bertz CT molecular complexity index is 1410. The van der Waals surface area contributed by atoms with E-state index < -0.39 is 17.9 Å². The highest BCUT2D eigenvalue weighted by molar-refractivity contribution is 5.92. The summed E-state index contributed by atoms with van der Waals surface area (Å²) in [5, 5.41) is 9.61. The van der Waals surface area contributed by atoms with Crippen LogP contribution in [0.15, 0.2) is 114 Å². The van der Waals surface area contributed by atoms with E-state index in [2.05, 4.69) is 4.99 Å². The second kappa shape index (κ2) is 13.8. The van der Waals surface area contributed by atoms with Crippen molar-refractivity contribution in [3.05, 3.63) is 126 Å². The van der Waals surface area contributed by atoms with Crippen LogP contribution in [0.25, 0.3) is 11.1 Å². The van der Waals surface area contributed by atoms with Crippen molar-refractivity contribution in [1.29, 1.82) is 0 Å². The Morgan fingerprint density at radius 3 is 1.73 bits per heavy atom. The van der Waals surface area contributed by atoms with Gasteiger partial charge in [-0.25, -0.2) is 0 Å². The molecule has 0 bridgehead atoms. The average molecular weight is 550 g/mol. The molecule has 4 aromatic carbocycles. The highest BCUT2D eigenvalue weighted by atomic mass is 16.3. The van der Waals surface area contributed by atoms with Crippen LogP contribution in [0.2, 0.25) is 0 Å². The highest BCUT2D eigenvalue weighted by Crippen LogP contribution is 2.30. The van der Waals surface area contributed by atoms with Crippen molar-refractivity contribution in [2.24, 2.45) is 22.2 Å². The average Bonchev–Trinajstić information content (AvgIpc) is 2.98. The Kier molecular flexibility index (Phi) is 9.72. The van der Waals surface area contributed by atoms with E-state index in [4.69, 9.17) is 17.2 Å². The Morgan fingerprint density at radius 1 is 0.732 bits per heavy atom. The van der Waals surface area contributed by atoms with Crippen LogP contribution in [-0.4, -0.2) is 40.4 Å². The predicted molar refractivity (Wildman–Crippen MR) is 162 cm³/mol. The molecule has 0 saturated carbocycles. The van der Waals surface area contributed by atoms with Crippen molar-refractivity contribution >= 4 is 17.8 Å². The summed E-state index contributed by atoms with van der Waals surface area (Å²) in [7, 11) is 0. The number of amides is 2. The van der Waals surface area contributed by atoms with Gasteiger partial charge < -0.3 is 27.2 Å². The van der Waals surface area contributed by atoms with E-state index in [-0.39, 0.29) is 24.2 Å². The fourth-order valence-electron chi connectivity index (χ4n) is 4.87. The number of guanidine groups is 1. The first-order chi connectivity index (χ1) is 19.8. The number of phenols is 1. The predicted octanol–water partition coefficient (Wildman–Crippen LogP) is 4.13. The monoisotopic (exact) mass is 549 g/mol. The third-order valence-electron chi connectivity index (χ3n) is 6.94. The number of hydrogen-bond acceptors (Lipinski definition) is 4. The maximum absolute atomic E-state index is 14.5. The summed E-state index contributed by atoms with van der Waals surface area (Å²) in [5.41, 5.74) is 21.3. The molecule has 0 aliphatic rings. The van der Waals surface area contributed by atoms with Crippen molar-refractivity contribution in [2.75, 3.05) is 6.54 Å². The van der Waals surface area contributed by atoms with Gasteiger partial charge >= 0.3 is 0 Å². The van der Waals surface area contributed by atoms with E-state index in [0.29, 0.717) is 19.4 Å². The van der Waals surface area contributed by atoms with Crippen LogP contribution >= 0.6 is 0 Å². The summed E-state index contributed by atoms with van der Waals surface area (Å²) >= 11 is 0. The van der Waals surface area contributed by atoms with Gasteiger partial charge in [-0.15, -0.1) is 0 Å². The number of aliphatic imine (C=N–C) groups is 1. The number of rotatable bonds is 12. The molecule has 4 rings (SSSR count). The zero-order chi connectivity index (χ0) is 29.2. The normalized spacial score (nSPS) is 11.5. The molecule has 0 spiro atoms. The molecule has 0 aliphatic carbocycles. The molecule has 0 unspecified atom stereocenters. The molecule has 0 aromatic heterocycles. The maximum atomic E-state index is 14.5. The number of carbonyl (C=O) groups is 2. The molecule has 0 heterocycles. The van der Waals surface area contributed by atoms with E-state index in [1.165, 1.54) is 0 Å². The first-order valence-electron chi connectivity index (χ1n) is 13.5. The number of benzene rings is 4. The topological polar surface area (TPSA) is 148 Å². The summed E-state index contributed by atoms with van der Waals surface area (Å²) in [4.78, 5) is 32.9. The Morgan fingerprint density at radius 2 is 1.24 bits per heavy atom. The molecule has 2 amide bonds. The minimum absolute atomic E-state index is 0.0319. The first kappa shape index (κ1) is 28.9. The summed E-state index contributed by atoms with van der Waals surface area (Å²) in [6, 6.07) is 32.9. The minimum atomic E-state index is -0.872. The molecule has 8 heteroatoms. The molecule has 210 valence electrons. The zero-order valence-corrected chi connectivity index (χ0v) is 22.8. The van der Waals surface area contributed by atoms with Crippen LogP contribution < -0.4 is 17.2 Å².